The summed E-state index contributed by atoms with van der Waals surface area (Å²) in [6, 6.07) is 17.6. The van der Waals surface area contributed by atoms with Crippen molar-refractivity contribution in [3.8, 4) is 0 Å². The van der Waals surface area contributed by atoms with Gasteiger partial charge < -0.3 is 10.2 Å². The molecule has 2 fully saturated rings. The van der Waals surface area contributed by atoms with Crippen LogP contribution < -0.4 is 15.5 Å². The molecule has 0 spiro atoms. The molecule has 8 heteroatoms. The number of aromatic nitrogens is 2. The molecule has 2 N–H and O–H groups in total. The number of hydrogen-bond donors (Lipinski definition) is 2. The second-order valence-corrected chi connectivity index (χ2v) is 9.78. The Hall–Kier alpha value is -3.23. The molecule has 2 amide bonds. The lowest BCUT2D eigenvalue weighted by Crippen LogP contribution is -2.41. The van der Waals surface area contributed by atoms with E-state index in [1.54, 1.807) is 18.3 Å². The predicted octanol–water partition coefficient (Wildman–Crippen LogP) is 4.49. The Labute approximate surface area is 203 Å². The molecular formula is C26H27N5O2S. The highest BCUT2D eigenvalue weighted by Crippen LogP contribution is 2.28. The number of thioether (sulfide) groups is 1. The fourth-order valence-corrected chi connectivity index (χ4v) is 5.37. The van der Waals surface area contributed by atoms with E-state index < -0.39 is 0 Å². The van der Waals surface area contributed by atoms with Gasteiger partial charge >= 0.3 is 0 Å². The first kappa shape index (κ1) is 22.6. The van der Waals surface area contributed by atoms with Crippen LogP contribution in [0.5, 0.6) is 0 Å². The smallest absolute Gasteiger partial charge is 0.290 e. The second-order valence-electron chi connectivity index (χ2n) is 8.77. The molecule has 1 aliphatic carbocycles. The Morgan fingerprint density at radius 1 is 1.09 bits per heavy atom. The van der Waals surface area contributed by atoms with Crippen molar-refractivity contribution in [2.45, 2.75) is 44.3 Å². The molecule has 7 nitrogen and oxygen atoms in total. The highest BCUT2D eigenvalue weighted by molar-refractivity contribution is 8.18. The molecule has 2 aromatic carbocycles. The van der Waals surface area contributed by atoms with Gasteiger partial charge in [0.15, 0.2) is 0 Å². The Morgan fingerprint density at radius 2 is 1.88 bits per heavy atom. The fraction of sp³-hybridized carbons (Fsp3) is 0.308. The van der Waals surface area contributed by atoms with Crippen molar-refractivity contribution in [2.24, 2.45) is 0 Å². The van der Waals surface area contributed by atoms with Gasteiger partial charge in [-0.1, -0.05) is 42.5 Å². The van der Waals surface area contributed by atoms with E-state index >= 15 is 0 Å². The van der Waals surface area contributed by atoms with Gasteiger partial charge in [-0.05, 0) is 65.9 Å². The number of anilines is 1. The van der Waals surface area contributed by atoms with Crippen LogP contribution in [-0.2, 0) is 11.3 Å². The zero-order valence-corrected chi connectivity index (χ0v) is 19.8. The number of carbonyl (C=O) groups excluding carboxylic acids is 2. The average molecular weight is 474 g/mol. The largest absolute Gasteiger partial charge is 0.341 e. The summed E-state index contributed by atoms with van der Waals surface area (Å²) in [5.74, 6) is 0.258. The van der Waals surface area contributed by atoms with Crippen molar-refractivity contribution >= 4 is 45.7 Å². The summed E-state index contributed by atoms with van der Waals surface area (Å²) in [7, 11) is 2.03. The molecule has 0 unspecified atom stereocenters. The Bertz CT molecular complexity index is 1250. The van der Waals surface area contributed by atoms with E-state index in [0.29, 0.717) is 28.6 Å². The third-order valence-corrected chi connectivity index (χ3v) is 7.42. The molecule has 0 atom stereocenters. The highest BCUT2D eigenvalue weighted by atomic mass is 32.2. The van der Waals surface area contributed by atoms with Crippen LogP contribution in [0, 0.1) is 0 Å². The predicted molar refractivity (Wildman–Crippen MR) is 136 cm³/mol. The molecule has 1 aromatic heterocycles. The summed E-state index contributed by atoms with van der Waals surface area (Å²) >= 11 is 0.895. The van der Waals surface area contributed by atoms with Gasteiger partial charge in [-0.3, -0.25) is 14.9 Å². The lowest BCUT2D eigenvalue weighted by atomic mass is 9.90. The van der Waals surface area contributed by atoms with E-state index in [1.807, 2.05) is 7.05 Å². The SMILES string of the molecule is CN(c1nccc(/C=C2\SC(=O)NC2=O)n1)[C@H]1CC[C@H](NCc2cccc3ccccc23)CC1. The molecule has 1 saturated heterocycles. The van der Waals surface area contributed by atoms with E-state index in [-0.39, 0.29) is 11.1 Å². The standard InChI is InChI=1S/C26H27N5O2S/c1-31(25-27-14-13-20(29-25)15-23-24(32)30-26(33)34-23)21-11-9-19(10-12-21)28-16-18-7-4-6-17-5-2-3-8-22(17)18/h2-8,13-15,19,21,28H,9-12,16H2,1H3,(H,30,32,33)/b23-15-/t19-,21-. The van der Waals surface area contributed by atoms with Crippen LogP contribution in [-0.4, -0.2) is 40.2 Å². The van der Waals surface area contributed by atoms with Crippen LogP contribution in [0.15, 0.2) is 59.6 Å². The maximum atomic E-state index is 11.8. The fourth-order valence-electron chi connectivity index (χ4n) is 4.70. The summed E-state index contributed by atoms with van der Waals surface area (Å²) in [6.45, 7) is 0.875. The molecule has 3 aromatic rings. The minimum absolute atomic E-state index is 0.353. The number of fused-ring (bicyclic) bond motifs is 1. The molecular weight excluding hydrogens is 446 g/mol. The average Bonchev–Trinajstić information content (AvgIpc) is 3.18. The third kappa shape index (κ3) is 4.98. The topological polar surface area (TPSA) is 87.2 Å². The zero-order chi connectivity index (χ0) is 23.5. The van der Waals surface area contributed by atoms with Crippen LogP contribution >= 0.6 is 11.8 Å². The van der Waals surface area contributed by atoms with E-state index in [1.165, 1.54) is 16.3 Å². The van der Waals surface area contributed by atoms with Gasteiger partial charge in [0.25, 0.3) is 11.1 Å². The van der Waals surface area contributed by atoms with Crippen molar-refractivity contribution in [2.75, 3.05) is 11.9 Å². The summed E-state index contributed by atoms with van der Waals surface area (Å²) in [5.41, 5.74) is 1.96. The van der Waals surface area contributed by atoms with E-state index in [2.05, 4.69) is 68.0 Å². The van der Waals surface area contributed by atoms with Crippen molar-refractivity contribution in [3.63, 3.8) is 0 Å². The molecule has 2 aliphatic rings. The summed E-state index contributed by atoms with van der Waals surface area (Å²) < 4.78 is 0. The number of imide groups is 1. The van der Waals surface area contributed by atoms with Crippen LogP contribution in [0.2, 0.25) is 0 Å². The Morgan fingerprint density at radius 3 is 2.68 bits per heavy atom. The number of hydrogen-bond acceptors (Lipinski definition) is 7. The molecule has 5 rings (SSSR count). The summed E-state index contributed by atoms with van der Waals surface area (Å²) in [6.07, 6.45) is 7.65. The minimum Gasteiger partial charge on any atom is -0.341 e. The Balaban J connectivity index is 1.18. The lowest BCUT2D eigenvalue weighted by molar-refractivity contribution is -0.115. The van der Waals surface area contributed by atoms with Crippen molar-refractivity contribution < 1.29 is 9.59 Å². The quantitative estimate of drug-likeness (QED) is 0.510. The molecule has 0 bridgehead atoms. The van der Waals surface area contributed by atoms with Crippen LogP contribution in [0.4, 0.5) is 10.7 Å². The Kier molecular flexibility index (Phi) is 6.60. The maximum Gasteiger partial charge on any atom is 0.290 e. The third-order valence-electron chi connectivity index (χ3n) is 6.61. The molecule has 1 aliphatic heterocycles. The maximum absolute atomic E-state index is 11.8. The second kappa shape index (κ2) is 9.95. The van der Waals surface area contributed by atoms with Gasteiger partial charge in [0, 0.05) is 31.9 Å². The molecule has 34 heavy (non-hydrogen) atoms. The molecule has 0 radical (unpaired) electrons. The lowest BCUT2D eigenvalue weighted by Gasteiger charge is -2.35. The van der Waals surface area contributed by atoms with Gasteiger partial charge in [-0.25, -0.2) is 9.97 Å². The highest BCUT2D eigenvalue weighted by Gasteiger charge is 2.27. The monoisotopic (exact) mass is 473 g/mol. The molecule has 174 valence electrons. The number of carbonyl (C=O) groups is 2. The van der Waals surface area contributed by atoms with Gasteiger partial charge in [0.05, 0.1) is 10.6 Å². The van der Waals surface area contributed by atoms with Crippen LogP contribution in [0.1, 0.15) is 36.9 Å². The number of amides is 2. The number of nitrogens with zero attached hydrogens (tertiary/aromatic N) is 3. The number of rotatable bonds is 6. The van der Waals surface area contributed by atoms with E-state index in [9.17, 15) is 9.59 Å². The van der Waals surface area contributed by atoms with Gasteiger partial charge in [0.2, 0.25) is 5.95 Å². The summed E-state index contributed by atoms with van der Waals surface area (Å²) in [5, 5.41) is 8.27. The number of nitrogens with one attached hydrogen (secondary N) is 2. The molecule has 1 saturated carbocycles. The van der Waals surface area contributed by atoms with E-state index in [4.69, 9.17) is 0 Å². The summed E-state index contributed by atoms with van der Waals surface area (Å²) in [4.78, 5) is 34.8. The van der Waals surface area contributed by atoms with Crippen LogP contribution in [0.25, 0.3) is 16.8 Å². The minimum atomic E-state index is -0.377. The van der Waals surface area contributed by atoms with Crippen LogP contribution in [0.3, 0.4) is 0 Å². The van der Waals surface area contributed by atoms with Gasteiger partial charge in [0.1, 0.15) is 0 Å². The normalized spacial score (nSPS) is 21.7. The van der Waals surface area contributed by atoms with Gasteiger partial charge in [-0.15, -0.1) is 0 Å². The first-order valence-electron chi connectivity index (χ1n) is 11.6. The van der Waals surface area contributed by atoms with E-state index in [0.717, 1.165) is 44.0 Å². The number of benzene rings is 2. The first-order chi connectivity index (χ1) is 16.6. The van der Waals surface area contributed by atoms with Crippen molar-refractivity contribution in [1.82, 2.24) is 20.6 Å². The van der Waals surface area contributed by atoms with Crippen molar-refractivity contribution in [1.29, 1.82) is 0 Å². The zero-order valence-electron chi connectivity index (χ0n) is 19.0. The van der Waals surface area contributed by atoms with Gasteiger partial charge in [-0.2, -0.15) is 0 Å². The molecule has 2 heterocycles. The first-order valence-corrected chi connectivity index (χ1v) is 12.4. The van der Waals surface area contributed by atoms with Crippen molar-refractivity contribution in [3.05, 3.63) is 70.9 Å².